The van der Waals surface area contributed by atoms with E-state index in [-0.39, 0.29) is 5.75 Å². The monoisotopic (exact) mass is 334 g/mol. The Kier molecular flexibility index (Phi) is 3.46. The van der Waals surface area contributed by atoms with E-state index in [9.17, 15) is 5.11 Å². The normalized spacial score (nSPS) is 11.2. The Balaban J connectivity index is 1.71. The summed E-state index contributed by atoms with van der Waals surface area (Å²) in [5, 5.41) is 15.1. The minimum Gasteiger partial charge on any atom is -0.504 e. The number of phenolic OH excluding ortho intramolecular Hbond substituents is 1. The fourth-order valence-electron chi connectivity index (χ4n) is 2.94. The van der Waals surface area contributed by atoms with Gasteiger partial charge in [0.1, 0.15) is 0 Å². The summed E-state index contributed by atoms with van der Waals surface area (Å²) in [6.45, 7) is 4.16. The fourth-order valence-corrected chi connectivity index (χ4v) is 2.94. The molecule has 2 aromatic carbocycles. The fraction of sp³-hybridized carbons (Fsp3) is 0.158. The molecule has 0 atom stereocenters. The Morgan fingerprint density at radius 1 is 1.16 bits per heavy atom. The molecular weight excluding hydrogens is 316 g/mol. The van der Waals surface area contributed by atoms with Crippen molar-refractivity contribution in [1.82, 2.24) is 15.0 Å². The summed E-state index contributed by atoms with van der Waals surface area (Å²) >= 11 is 0. The Morgan fingerprint density at radius 2 is 2.00 bits per heavy atom. The number of aromatic amines is 1. The van der Waals surface area contributed by atoms with Crippen molar-refractivity contribution in [3.63, 3.8) is 0 Å². The van der Waals surface area contributed by atoms with Crippen molar-refractivity contribution in [3.8, 4) is 11.5 Å². The molecule has 0 saturated carbocycles. The lowest BCUT2D eigenvalue weighted by Gasteiger charge is -2.08. The molecule has 0 aliphatic heterocycles. The van der Waals surface area contributed by atoms with Gasteiger partial charge in [0, 0.05) is 39.9 Å². The molecule has 4 aromatic rings. The summed E-state index contributed by atoms with van der Waals surface area (Å²) in [4.78, 5) is 12.2. The molecular formula is C19H18N4O2. The van der Waals surface area contributed by atoms with Crippen LogP contribution in [0.3, 0.4) is 0 Å². The van der Waals surface area contributed by atoms with E-state index in [4.69, 9.17) is 4.74 Å². The van der Waals surface area contributed by atoms with Gasteiger partial charge >= 0.3 is 0 Å². The van der Waals surface area contributed by atoms with Crippen LogP contribution in [0, 0.1) is 13.8 Å². The average Bonchev–Trinajstić information content (AvgIpc) is 2.88. The highest BCUT2D eigenvalue weighted by Gasteiger charge is 2.08. The number of hydrogen-bond acceptors (Lipinski definition) is 5. The standard InChI is InChI=1S/C19H18N4O2/c1-10-11(2)21-15-5-4-13(7-14(10)15)22-19-20-9-12-6-18(25-3)17(24)8-16(12)23-19/h4-9,21,24H,1-3H3,(H,20,22,23). The van der Waals surface area contributed by atoms with E-state index in [1.165, 1.54) is 23.8 Å². The molecule has 2 heterocycles. The molecule has 0 radical (unpaired) electrons. The van der Waals surface area contributed by atoms with Gasteiger partial charge in [0.25, 0.3) is 0 Å². The number of nitrogens with zero attached hydrogens (tertiary/aromatic N) is 2. The molecule has 0 aliphatic carbocycles. The summed E-state index contributed by atoms with van der Waals surface area (Å²) < 4.78 is 5.11. The van der Waals surface area contributed by atoms with Crippen molar-refractivity contribution in [1.29, 1.82) is 0 Å². The van der Waals surface area contributed by atoms with E-state index in [0.29, 0.717) is 17.2 Å². The number of H-pyrrole nitrogens is 1. The summed E-state index contributed by atoms with van der Waals surface area (Å²) in [5.74, 6) is 0.932. The van der Waals surface area contributed by atoms with Crippen LogP contribution in [-0.2, 0) is 0 Å². The molecule has 0 bridgehead atoms. The predicted octanol–water partition coefficient (Wildman–Crippen LogP) is 4.19. The van der Waals surface area contributed by atoms with Crippen LogP contribution in [0.25, 0.3) is 21.8 Å². The van der Waals surface area contributed by atoms with Crippen molar-refractivity contribution in [2.24, 2.45) is 0 Å². The molecule has 4 rings (SSSR count). The van der Waals surface area contributed by atoms with E-state index in [1.807, 2.05) is 12.1 Å². The number of aromatic hydroxyl groups is 1. The summed E-state index contributed by atoms with van der Waals surface area (Å²) in [5.41, 5.74) is 5.06. The average molecular weight is 334 g/mol. The van der Waals surface area contributed by atoms with Gasteiger partial charge < -0.3 is 20.1 Å². The zero-order chi connectivity index (χ0) is 17.6. The maximum absolute atomic E-state index is 9.93. The number of nitrogens with one attached hydrogen (secondary N) is 2. The van der Waals surface area contributed by atoms with E-state index >= 15 is 0 Å². The molecule has 6 heteroatoms. The molecule has 126 valence electrons. The third kappa shape index (κ3) is 2.61. The third-order valence-electron chi connectivity index (χ3n) is 4.44. The van der Waals surface area contributed by atoms with Crippen LogP contribution in [0.1, 0.15) is 11.3 Å². The van der Waals surface area contributed by atoms with Crippen LogP contribution >= 0.6 is 0 Å². The lowest BCUT2D eigenvalue weighted by Crippen LogP contribution is -1.97. The van der Waals surface area contributed by atoms with Crippen molar-refractivity contribution in [2.45, 2.75) is 13.8 Å². The third-order valence-corrected chi connectivity index (χ3v) is 4.44. The Bertz CT molecular complexity index is 1100. The number of phenols is 1. The first-order valence-corrected chi connectivity index (χ1v) is 7.95. The predicted molar refractivity (Wildman–Crippen MR) is 98.8 cm³/mol. The van der Waals surface area contributed by atoms with Gasteiger partial charge in [-0.3, -0.25) is 0 Å². The molecule has 3 N–H and O–H groups in total. The van der Waals surface area contributed by atoms with Crippen molar-refractivity contribution >= 4 is 33.4 Å². The van der Waals surface area contributed by atoms with Crippen LogP contribution in [0.4, 0.5) is 11.6 Å². The topological polar surface area (TPSA) is 83.1 Å². The minimum absolute atomic E-state index is 0.0551. The van der Waals surface area contributed by atoms with Gasteiger partial charge in [0.15, 0.2) is 11.5 Å². The van der Waals surface area contributed by atoms with Gasteiger partial charge in [0.2, 0.25) is 5.95 Å². The van der Waals surface area contributed by atoms with Crippen LogP contribution in [0.2, 0.25) is 0 Å². The largest absolute Gasteiger partial charge is 0.504 e. The zero-order valence-corrected chi connectivity index (χ0v) is 14.2. The maximum Gasteiger partial charge on any atom is 0.227 e. The molecule has 0 amide bonds. The zero-order valence-electron chi connectivity index (χ0n) is 14.2. The van der Waals surface area contributed by atoms with Crippen LogP contribution in [0.15, 0.2) is 36.5 Å². The lowest BCUT2D eigenvalue weighted by atomic mass is 10.1. The van der Waals surface area contributed by atoms with E-state index in [1.54, 1.807) is 18.3 Å². The molecule has 0 fully saturated rings. The van der Waals surface area contributed by atoms with Gasteiger partial charge in [-0.2, -0.15) is 0 Å². The minimum atomic E-state index is 0.0551. The molecule has 0 spiro atoms. The SMILES string of the molecule is COc1cc2cnc(Nc3ccc4[nH]c(C)c(C)c4c3)nc2cc1O. The summed E-state index contributed by atoms with van der Waals surface area (Å²) in [6, 6.07) is 9.38. The van der Waals surface area contributed by atoms with Gasteiger partial charge in [0.05, 0.1) is 12.6 Å². The number of methoxy groups -OCH3 is 1. The first-order chi connectivity index (χ1) is 12.0. The highest BCUT2D eigenvalue weighted by atomic mass is 16.5. The highest BCUT2D eigenvalue weighted by molar-refractivity contribution is 5.88. The van der Waals surface area contributed by atoms with Crippen LogP contribution in [-0.4, -0.2) is 27.2 Å². The lowest BCUT2D eigenvalue weighted by molar-refractivity contribution is 0.374. The number of fused-ring (bicyclic) bond motifs is 2. The number of aryl methyl sites for hydroxylation is 2. The molecule has 6 nitrogen and oxygen atoms in total. The number of rotatable bonds is 3. The van der Waals surface area contributed by atoms with E-state index in [2.05, 4.69) is 40.2 Å². The van der Waals surface area contributed by atoms with Crippen LogP contribution < -0.4 is 10.1 Å². The van der Waals surface area contributed by atoms with Gasteiger partial charge in [-0.15, -0.1) is 0 Å². The quantitative estimate of drug-likeness (QED) is 0.523. The number of ether oxygens (including phenoxy) is 1. The van der Waals surface area contributed by atoms with Crippen LogP contribution in [0.5, 0.6) is 11.5 Å². The first kappa shape index (κ1) is 15.3. The molecule has 0 saturated heterocycles. The maximum atomic E-state index is 9.93. The van der Waals surface area contributed by atoms with Crippen molar-refractivity contribution in [3.05, 3.63) is 47.8 Å². The Labute approximate surface area is 144 Å². The molecule has 25 heavy (non-hydrogen) atoms. The number of aromatic nitrogens is 3. The van der Waals surface area contributed by atoms with Crippen molar-refractivity contribution < 1.29 is 9.84 Å². The van der Waals surface area contributed by atoms with Gasteiger partial charge in [-0.05, 0) is 43.7 Å². The molecule has 2 aromatic heterocycles. The highest BCUT2D eigenvalue weighted by Crippen LogP contribution is 2.31. The second-order valence-corrected chi connectivity index (χ2v) is 6.04. The van der Waals surface area contributed by atoms with E-state index in [0.717, 1.165) is 16.6 Å². The van der Waals surface area contributed by atoms with E-state index < -0.39 is 0 Å². The smallest absolute Gasteiger partial charge is 0.227 e. The van der Waals surface area contributed by atoms with Gasteiger partial charge in [-0.1, -0.05) is 0 Å². The number of anilines is 2. The number of benzene rings is 2. The second-order valence-electron chi connectivity index (χ2n) is 6.04. The van der Waals surface area contributed by atoms with Gasteiger partial charge in [-0.25, -0.2) is 9.97 Å². The first-order valence-electron chi connectivity index (χ1n) is 7.95. The number of hydrogen-bond donors (Lipinski definition) is 3. The summed E-state index contributed by atoms with van der Waals surface area (Å²) in [7, 11) is 1.51. The molecule has 0 unspecified atom stereocenters. The molecule has 0 aliphatic rings. The Morgan fingerprint density at radius 3 is 2.80 bits per heavy atom. The summed E-state index contributed by atoms with van der Waals surface area (Å²) in [6.07, 6.45) is 1.71. The second kappa shape index (κ2) is 5.66. The Hall–Kier alpha value is -3.28. The van der Waals surface area contributed by atoms with Crippen molar-refractivity contribution in [2.75, 3.05) is 12.4 Å².